The predicted molar refractivity (Wildman–Crippen MR) is 103 cm³/mol. The summed E-state index contributed by atoms with van der Waals surface area (Å²) in [7, 11) is 3.00. The molecule has 0 saturated heterocycles. The number of carboxylic acids is 1. The molecule has 0 aliphatic carbocycles. The summed E-state index contributed by atoms with van der Waals surface area (Å²) in [5.74, 6) is -0.368. The lowest BCUT2D eigenvalue weighted by Crippen LogP contribution is -2.52. The Balaban J connectivity index is 2.90. The van der Waals surface area contributed by atoms with Gasteiger partial charge in [-0.2, -0.15) is 11.8 Å². The largest absolute Gasteiger partial charge is 0.493 e. The number of carbonyl (C=O) groups is 3. The number of aliphatic carboxylic acids is 1. The number of thioether (sulfide) groups is 1. The topological polar surface area (TPSA) is 114 Å². The van der Waals surface area contributed by atoms with Crippen LogP contribution in [0.4, 0.5) is 0 Å². The first-order chi connectivity index (χ1) is 12.8. The van der Waals surface area contributed by atoms with Crippen LogP contribution in [0.2, 0.25) is 0 Å². The van der Waals surface area contributed by atoms with Gasteiger partial charge in [-0.1, -0.05) is 6.07 Å². The summed E-state index contributed by atoms with van der Waals surface area (Å²) in [6, 6.07) is 3.14. The van der Waals surface area contributed by atoms with Crippen LogP contribution < -0.4 is 20.1 Å². The molecule has 9 heteroatoms. The van der Waals surface area contributed by atoms with Crippen LogP contribution in [0.15, 0.2) is 18.2 Å². The number of hydrogen-bond acceptors (Lipinski definition) is 6. The number of ether oxygens (including phenoxy) is 2. The molecule has 150 valence electrons. The lowest BCUT2D eigenvalue weighted by atomic mass is 10.0. The van der Waals surface area contributed by atoms with E-state index in [0.29, 0.717) is 29.2 Å². The zero-order valence-corrected chi connectivity index (χ0v) is 16.7. The summed E-state index contributed by atoms with van der Waals surface area (Å²) >= 11 is 1.54. The molecular weight excluding hydrogens is 372 g/mol. The van der Waals surface area contributed by atoms with Crippen molar-refractivity contribution in [2.45, 2.75) is 31.8 Å². The highest BCUT2D eigenvalue weighted by Gasteiger charge is 2.26. The van der Waals surface area contributed by atoms with Crippen molar-refractivity contribution in [1.82, 2.24) is 10.6 Å². The fourth-order valence-corrected chi connectivity index (χ4v) is 2.94. The Labute approximate surface area is 163 Å². The number of hydrogen-bond donors (Lipinski definition) is 3. The monoisotopic (exact) mass is 398 g/mol. The van der Waals surface area contributed by atoms with Crippen LogP contribution in [0.1, 0.15) is 18.9 Å². The van der Waals surface area contributed by atoms with Gasteiger partial charge in [0.2, 0.25) is 11.8 Å². The Bertz CT molecular complexity index is 667. The van der Waals surface area contributed by atoms with Gasteiger partial charge in [0.15, 0.2) is 11.5 Å². The molecule has 27 heavy (non-hydrogen) atoms. The molecule has 1 aromatic carbocycles. The molecule has 0 aromatic heterocycles. The van der Waals surface area contributed by atoms with E-state index in [1.807, 2.05) is 6.26 Å². The maximum atomic E-state index is 12.5. The Morgan fingerprint density at radius 1 is 1.11 bits per heavy atom. The number of methoxy groups -OCH3 is 2. The van der Waals surface area contributed by atoms with Crippen molar-refractivity contribution in [3.05, 3.63) is 23.8 Å². The van der Waals surface area contributed by atoms with Crippen LogP contribution in [0, 0.1) is 0 Å². The molecule has 2 amide bonds. The number of carboxylic acid groups (broad SMARTS) is 1. The van der Waals surface area contributed by atoms with Crippen molar-refractivity contribution >= 4 is 29.5 Å². The first-order valence-corrected chi connectivity index (χ1v) is 9.71. The normalized spacial score (nSPS) is 12.6. The van der Waals surface area contributed by atoms with Gasteiger partial charge in [-0.05, 0) is 36.1 Å². The Kier molecular flexibility index (Phi) is 9.49. The SMILES string of the molecule is COc1ccc(CC(NC(=O)C(CCSC)NC(C)=O)C(=O)O)cc1OC. The van der Waals surface area contributed by atoms with Crippen molar-refractivity contribution in [3.8, 4) is 11.5 Å². The summed E-state index contributed by atoms with van der Waals surface area (Å²) < 4.78 is 10.4. The highest BCUT2D eigenvalue weighted by atomic mass is 32.2. The number of carbonyl (C=O) groups excluding carboxylic acids is 2. The lowest BCUT2D eigenvalue weighted by Gasteiger charge is -2.21. The molecule has 2 unspecified atom stereocenters. The molecule has 0 radical (unpaired) electrons. The Morgan fingerprint density at radius 3 is 2.30 bits per heavy atom. The molecule has 0 heterocycles. The van der Waals surface area contributed by atoms with E-state index in [9.17, 15) is 19.5 Å². The van der Waals surface area contributed by atoms with E-state index in [-0.39, 0.29) is 12.3 Å². The van der Waals surface area contributed by atoms with Gasteiger partial charge in [-0.25, -0.2) is 4.79 Å². The van der Waals surface area contributed by atoms with Crippen molar-refractivity contribution in [2.75, 3.05) is 26.2 Å². The highest BCUT2D eigenvalue weighted by Crippen LogP contribution is 2.28. The third kappa shape index (κ3) is 7.38. The minimum atomic E-state index is -1.16. The smallest absolute Gasteiger partial charge is 0.326 e. The third-order valence-electron chi connectivity index (χ3n) is 3.81. The van der Waals surface area contributed by atoms with Crippen LogP contribution in [0.3, 0.4) is 0 Å². The molecule has 3 N–H and O–H groups in total. The standard InChI is InChI=1S/C18H26N2O6S/c1-11(21)19-13(7-8-27-4)17(22)20-14(18(23)24)9-12-5-6-15(25-2)16(10-12)26-3/h5-6,10,13-14H,7-9H2,1-4H3,(H,19,21)(H,20,22)(H,23,24). The molecule has 2 atom stereocenters. The van der Waals surface area contributed by atoms with E-state index in [1.54, 1.807) is 18.2 Å². The second-order valence-corrected chi connectivity index (χ2v) is 6.81. The molecule has 8 nitrogen and oxygen atoms in total. The summed E-state index contributed by atoms with van der Waals surface area (Å²) in [5.41, 5.74) is 0.667. The van der Waals surface area contributed by atoms with Crippen LogP contribution in [0.25, 0.3) is 0 Å². The zero-order valence-electron chi connectivity index (χ0n) is 15.9. The Morgan fingerprint density at radius 2 is 1.78 bits per heavy atom. The van der Waals surface area contributed by atoms with Gasteiger partial charge in [-0.15, -0.1) is 0 Å². The second kappa shape index (κ2) is 11.3. The zero-order chi connectivity index (χ0) is 20.4. The van der Waals surface area contributed by atoms with Crippen molar-refractivity contribution < 1.29 is 29.0 Å². The summed E-state index contributed by atoms with van der Waals surface area (Å²) in [6.45, 7) is 1.32. The molecule has 0 aliphatic rings. The first-order valence-electron chi connectivity index (χ1n) is 8.32. The minimum absolute atomic E-state index is 0.0662. The van der Waals surface area contributed by atoms with Crippen LogP contribution >= 0.6 is 11.8 Å². The summed E-state index contributed by atoms with van der Waals surface area (Å²) in [4.78, 5) is 35.4. The van der Waals surface area contributed by atoms with Crippen molar-refractivity contribution in [1.29, 1.82) is 0 Å². The van der Waals surface area contributed by atoms with E-state index in [4.69, 9.17) is 9.47 Å². The highest BCUT2D eigenvalue weighted by molar-refractivity contribution is 7.98. The molecule has 0 aliphatic heterocycles. The lowest BCUT2D eigenvalue weighted by molar-refractivity contribution is -0.142. The molecular formula is C18H26N2O6S. The van der Waals surface area contributed by atoms with E-state index in [1.165, 1.54) is 32.9 Å². The predicted octanol–water partition coefficient (Wildman–Crippen LogP) is 1.07. The number of benzene rings is 1. The van der Waals surface area contributed by atoms with Crippen LogP contribution in [-0.4, -0.2) is 61.2 Å². The fourth-order valence-electron chi connectivity index (χ4n) is 2.47. The molecule has 1 rings (SSSR count). The molecule has 0 spiro atoms. The van der Waals surface area contributed by atoms with Gasteiger partial charge in [-0.3, -0.25) is 9.59 Å². The maximum Gasteiger partial charge on any atom is 0.326 e. The van der Waals surface area contributed by atoms with E-state index >= 15 is 0 Å². The molecule has 0 bridgehead atoms. The molecule has 0 fully saturated rings. The Hall–Kier alpha value is -2.42. The molecule has 1 aromatic rings. The van der Waals surface area contributed by atoms with E-state index < -0.39 is 24.0 Å². The quantitative estimate of drug-likeness (QED) is 0.511. The van der Waals surface area contributed by atoms with Crippen LogP contribution in [-0.2, 0) is 20.8 Å². The third-order valence-corrected chi connectivity index (χ3v) is 4.45. The van der Waals surface area contributed by atoms with Gasteiger partial charge in [0.05, 0.1) is 14.2 Å². The summed E-state index contributed by atoms with van der Waals surface area (Å²) in [6.07, 6.45) is 2.37. The van der Waals surface area contributed by atoms with E-state index in [0.717, 1.165) is 0 Å². The van der Waals surface area contributed by atoms with Crippen molar-refractivity contribution in [3.63, 3.8) is 0 Å². The minimum Gasteiger partial charge on any atom is -0.493 e. The second-order valence-electron chi connectivity index (χ2n) is 5.83. The first kappa shape index (κ1) is 22.6. The van der Waals surface area contributed by atoms with Gasteiger partial charge in [0.25, 0.3) is 0 Å². The van der Waals surface area contributed by atoms with E-state index in [2.05, 4.69) is 10.6 Å². The summed E-state index contributed by atoms with van der Waals surface area (Å²) in [5, 5.41) is 14.6. The average molecular weight is 398 g/mol. The van der Waals surface area contributed by atoms with Gasteiger partial charge in [0, 0.05) is 13.3 Å². The number of rotatable bonds is 11. The number of amides is 2. The van der Waals surface area contributed by atoms with Crippen molar-refractivity contribution in [2.24, 2.45) is 0 Å². The van der Waals surface area contributed by atoms with Gasteiger partial charge < -0.3 is 25.2 Å². The van der Waals surface area contributed by atoms with Gasteiger partial charge >= 0.3 is 5.97 Å². The maximum absolute atomic E-state index is 12.5. The molecule has 0 saturated carbocycles. The van der Waals surface area contributed by atoms with Crippen LogP contribution in [0.5, 0.6) is 11.5 Å². The number of nitrogens with one attached hydrogen (secondary N) is 2. The average Bonchev–Trinajstić information content (AvgIpc) is 2.63. The fraction of sp³-hybridized carbons (Fsp3) is 0.500. The van der Waals surface area contributed by atoms with Gasteiger partial charge in [0.1, 0.15) is 12.1 Å².